The van der Waals surface area contributed by atoms with Gasteiger partial charge in [0.05, 0.1) is 12.0 Å². The van der Waals surface area contributed by atoms with Crippen LogP contribution in [-0.2, 0) is 4.79 Å². The number of aliphatic hydroxyl groups excluding tert-OH is 1. The number of carbonyl (C=O) groups is 1. The molecule has 1 aliphatic rings. The first kappa shape index (κ1) is 17.0. The number of aliphatic carboxylic acids is 1. The molecule has 0 saturated carbocycles. The topological polar surface area (TPSA) is 60.8 Å². The Balaban J connectivity index is 1.84. The lowest BCUT2D eigenvalue weighted by atomic mass is 9.97. The van der Waals surface area contributed by atoms with Gasteiger partial charge in [-0.15, -0.1) is 0 Å². The van der Waals surface area contributed by atoms with Gasteiger partial charge < -0.3 is 15.1 Å². The van der Waals surface area contributed by atoms with Crippen molar-refractivity contribution in [2.45, 2.75) is 45.1 Å². The van der Waals surface area contributed by atoms with Crippen LogP contribution in [0.25, 0.3) is 0 Å². The number of hydrogen-bond donors (Lipinski definition) is 2. The largest absolute Gasteiger partial charge is 0.481 e. The molecule has 1 heterocycles. The molecule has 1 saturated heterocycles. The summed E-state index contributed by atoms with van der Waals surface area (Å²) < 4.78 is 0. The molecule has 2 rings (SSSR count). The van der Waals surface area contributed by atoms with E-state index in [1.165, 1.54) is 5.56 Å². The summed E-state index contributed by atoms with van der Waals surface area (Å²) in [6.07, 6.45) is 1.86. The van der Waals surface area contributed by atoms with Crippen molar-refractivity contribution in [1.29, 1.82) is 0 Å². The van der Waals surface area contributed by atoms with E-state index in [1.54, 1.807) is 0 Å². The van der Waals surface area contributed by atoms with E-state index < -0.39 is 12.1 Å². The molecule has 2 atom stereocenters. The number of benzene rings is 1. The first-order chi connectivity index (χ1) is 10.5. The molecular formula is C18H27NO3. The summed E-state index contributed by atoms with van der Waals surface area (Å²) >= 11 is 0. The molecule has 0 radical (unpaired) electrons. The summed E-state index contributed by atoms with van der Waals surface area (Å²) in [7, 11) is 0. The molecule has 22 heavy (non-hydrogen) atoms. The van der Waals surface area contributed by atoms with Crippen LogP contribution in [0.2, 0.25) is 0 Å². The summed E-state index contributed by atoms with van der Waals surface area (Å²) in [5.41, 5.74) is 2.22. The molecule has 1 aromatic rings. The predicted molar refractivity (Wildman–Crippen MR) is 86.9 cm³/mol. The SMILES string of the molecule is CC(C)c1ccc(C(O)CCN2CCCC(C(=O)O)C2)cc1. The third-order valence-corrected chi connectivity index (χ3v) is 4.56. The van der Waals surface area contributed by atoms with E-state index in [1.807, 2.05) is 12.1 Å². The maximum atomic E-state index is 11.1. The fraction of sp³-hybridized carbons (Fsp3) is 0.611. The van der Waals surface area contributed by atoms with Crippen LogP contribution < -0.4 is 0 Å². The number of nitrogens with zero attached hydrogens (tertiary/aromatic N) is 1. The zero-order valence-corrected chi connectivity index (χ0v) is 13.5. The van der Waals surface area contributed by atoms with E-state index in [0.29, 0.717) is 18.9 Å². The van der Waals surface area contributed by atoms with Crippen LogP contribution in [-0.4, -0.2) is 40.7 Å². The lowest BCUT2D eigenvalue weighted by molar-refractivity contribution is -0.143. The molecule has 0 aliphatic carbocycles. The van der Waals surface area contributed by atoms with E-state index in [-0.39, 0.29) is 5.92 Å². The van der Waals surface area contributed by atoms with Crippen molar-refractivity contribution in [2.75, 3.05) is 19.6 Å². The van der Waals surface area contributed by atoms with Gasteiger partial charge in [0.15, 0.2) is 0 Å². The Hall–Kier alpha value is -1.39. The highest BCUT2D eigenvalue weighted by Crippen LogP contribution is 2.22. The molecule has 4 heteroatoms. The third-order valence-electron chi connectivity index (χ3n) is 4.56. The maximum Gasteiger partial charge on any atom is 0.307 e. The summed E-state index contributed by atoms with van der Waals surface area (Å²) in [5.74, 6) is -0.460. The van der Waals surface area contributed by atoms with Crippen molar-refractivity contribution in [3.8, 4) is 0 Å². The average Bonchev–Trinajstić information content (AvgIpc) is 2.53. The minimum atomic E-state index is -0.700. The second-order valence-corrected chi connectivity index (χ2v) is 6.60. The number of carboxylic acid groups (broad SMARTS) is 1. The standard InChI is InChI=1S/C18H27NO3/c1-13(2)14-5-7-15(8-6-14)17(20)9-11-19-10-3-4-16(12-19)18(21)22/h5-8,13,16-17,20H,3-4,9-12H2,1-2H3,(H,21,22). The number of likely N-dealkylation sites (tertiary alicyclic amines) is 1. The minimum Gasteiger partial charge on any atom is -0.481 e. The number of hydrogen-bond acceptors (Lipinski definition) is 3. The molecule has 1 aliphatic heterocycles. The quantitative estimate of drug-likeness (QED) is 0.848. The second kappa shape index (κ2) is 7.75. The zero-order chi connectivity index (χ0) is 16.1. The normalized spacial score (nSPS) is 21.0. The third kappa shape index (κ3) is 4.55. The highest BCUT2D eigenvalue weighted by molar-refractivity contribution is 5.70. The summed E-state index contributed by atoms with van der Waals surface area (Å²) in [5, 5.41) is 19.4. The predicted octanol–water partition coefficient (Wildman–Crippen LogP) is 3.03. The zero-order valence-electron chi connectivity index (χ0n) is 13.5. The molecular weight excluding hydrogens is 278 g/mol. The molecule has 0 bridgehead atoms. The van der Waals surface area contributed by atoms with Crippen LogP contribution in [0.5, 0.6) is 0 Å². The van der Waals surface area contributed by atoms with Crippen molar-refractivity contribution in [1.82, 2.24) is 4.90 Å². The lowest BCUT2D eigenvalue weighted by Gasteiger charge is -2.31. The monoisotopic (exact) mass is 305 g/mol. The van der Waals surface area contributed by atoms with Gasteiger partial charge in [-0.05, 0) is 42.9 Å². The number of carboxylic acids is 1. The van der Waals surface area contributed by atoms with Crippen molar-refractivity contribution >= 4 is 5.97 Å². The van der Waals surface area contributed by atoms with Gasteiger partial charge in [-0.3, -0.25) is 4.79 Å². The smallest absolute Gasteiger partial charge is 0.307 e. The average molecular weight is 305 g/mol. The van der Waals surface area contributed by atoms with Crippen LogP contribution in [0.15, 0.2) is 24.3 Å². The van der Waals surface area contributed by atoms with E-state index in [0.717, 1.165) is 31.5 Å². The lowest BCUT2D eigenvalue weighted by Crippen LogP contribution is -2.39. The van der Waals surface area contributed by atoms with E-state index in [2.05, 4.69) is 30.9 Å². The van der Waals surface area contributed by atoms with E-state index in [4.69, 9.17) is 5.11 Å². The molecule has 1 aromatic carbocycles. The molecule has 2 unspecified atom stereocenters. The summed E-state index contributed by atoms with van der Waals surface area (Å²) in [4.78, 5) is 13.2. The van der Waals surface area contributed by atoms with Crippen LogP contribution in [0, 0.1) is 5.92 Å². The van der Waals surface area contributed by atoms with E-state index in [9.17, 15) is 9.90 Å². The Morgan fingerprint density at radius 2 is 1.91 bits per heavy atom. The minimum absolute atomic E-state index is 0.254. The molecule has 0 aromatic heterocycles. The van der Waals surface area contributed by atoms with Gasteiger partial charge >= 0.3 is 5.97 Å². The highest BCUT2D eigenvalue weighted by atomic mass is 16.4. The van der Waals surface area contributed by atoms with E-state index >= 15 is 0 Å². The Morgan fingerprint density at radius 1 is 1.27 bits per heavy atom. The van der Waals surface area contributed by atoms with Gasteiger partial charge in [-0.1, -0.05) is 38.1 Å². The summed E-state index contributed by atoms with van der Waals surface area (Å²) in [6.45, 7) is 6.59. The van der Waals surface area contributed by atoms with Crippen molar-refractivity contribution in [3.05, 3.63) is 35.4 Å². The molecule has 0 amide bonds. The van der Waals surface area contributed by atoms with Gasteiger partial charge in [0.1, 0.15) is 0 Å². The first-order valence-electron chi connectivity index (χ1n) is 8.20. The maximum absolute atomic E-state index is 11.1. The van der Waals surface area contributed by atoms with Crippen molar-refractivity contribution in [2.24, 2.45) is 5.92 Å². The summed E-state index contributed by atoms with van der Waals surface area (Å²) in [6, 6.07) is 8.14. The second-order valence-electron chi connectivity index (χ2n) is 6.60. The highest BCUT2D eigenvalue weighted by Gasteiger charge is 2.25. The Labute approximate surface area is 132 Å². The molecule has 0 spiro atoms. The Kier molecular flexibility index (Phi) is 5.98. The molecule has 2 N–H and O–H groups in total. The van der Waals surface area contributed by atoms with Gasteiger partial charge in [0, 0.05) is 13.1 Å². The van der Waals surface area contributed by atoms with Crippen molar-refractivity contribution in [3.63, 3.8) is 0 Å². The van der Waals surface area contributed by atoms with Crippen LogP contribution >= 0.6 is 0 Å². The van der Waals surface area contributed by atoms with Crippen molar-refractivity contribution < 1.29 is 15.0 Å². The number of rotatable bonds is 6. The molecule has 122 valence electrons. The molecule has 4 nitrogen and oxygen atoms in total. The van der Waals surface area contributed by atoms with Gasteiger partial charge in [-0.25, -0.2) is 0 Å². The van der Waals surface area contributed by atoms with Gasteiger partial charge in [0.25, 0.3) is 0 Å². The number of piperidine rings is 1. The van der Waals surface area contributed by atoms with Crippen LogP contribution in [0.3, 0.4) is 0 Å². The van der Waals surface area contributed by atoms with Gasteiger partial charge in [0.2, 0.25) is 0 Å². The fourth-order valence-corrected chi connectivity index (χ4v) is 3.03. The Bertz CT molecular complexity index is 484. The Morgan fingerprint density at radius 3 is 2.50 bits per heavy atom. The van der Waals surface area contributed by atoms with Gasteiger partial charge in [-0.2, -0.15) is 0 Å². The molecule has 1 fully saturated rings. The fourth-order valence-electron chi connectivity index (χ4n) is 3.03. The first-order valence-corrected chi connectivity index (χ1v) is 8.20. The number of aliphatic hydroxyl groups is 1. The van der Waals surface area contributed by atoms with Crippen LogP contribution in [0.1, 0.15) is 56.3 Å². The van der Waals surface area contributed by atoms with Crippen LogP contribution in [0.4, 0.5) is 0 Å².